The lowest BCUT2D eigenvalue weighted by Crippen LogP contribution is -2.39. The number of aliphatic carboxylic acids is 1. The number of nitrogens with zero attached hydrogens (tertiary/aromatic N) is 2. The maximum absolute atomic E-state index is 12.3. The van der Waals surface area contributed by atoms with Crippen molar-refractivity contribution in [1.29, 1.82) is 0 Å². The van der Waals surface area contributed by atoms with Crippen molar-refractivity contribution in [2.75, 3.05) is 37.8 Å². The number of pyridine rings is 1. The van der Waals surface area contributed by atoms with Gasteiger partial charge in [0, 0.05) is 31.0 Å². The third-order valence-electron chi connectivity index (χ3n) is 5.61. The molecule has 1 saturated heterocycles. The van der Waals surface area contributed by atoms with Crippen LogP contribution in [-0.4, -0.2) is 54.6 Å². The predicted molar refractivity (Wildman–Crippen MR) is 129 cm³/mol. The Morgan fingerprint density at radius 2 is 1.81 bits per heavy atom. The van der Waals surface area contributed by atoms with Gasteiger partial charge < -0.3 is 24.2 Å². The van der Waals surface area contributed by atoms with Crippen LogP contribution in [0.4, 0.5) is 5.69 Å². The summed E-state index contributed by atoms with van der Waals surface area (Å²) in [5, 5.41) is 10.1. The molecule has 1 aromatic heterocycles. The van der Waals surface area contributed by atoms with E-state index in [4.69, 9.17) is 19.2 Å². The van der Waals surface area contributed by atoms with Gasteiger partial charge in [0.2, 0.25) is 0 Å². The fourth-order valence-electron chi connectivity index (χ4n) is 3.81. The highest BCUT2D eigenvalue weighted by molar-refractivity contribution is 9.10. The van der Waals surface area contributed by atoms with E-state index >= 15 is 0 Å². The quantitative estimate of drug-likeness (QED) is 0.425. The summed E-state index contributed by atoms with van der Waals surface area (Å²) in [6, 6.07) is 0. The summed E-state index contributed by atoms with van der Waals surface area (Å²) in [4.78, 5) is 19.3. The van der Waals surface area contributed by atoms with E-state index in [1.165, 1.54) is 0 Å². The molecule has 0 bridgehead atoms. The number of hydrogen-bond donors (Lipinski definition) is 1. The molecule has 0 radical (unpaired) electrons. The van der Waals surface area contributed by atoms with E-state index in [0.717, 1.165) is 41.8 Å². The second-order valence-corrected chi connectivity index (χ2v) is 10.9. The van der Waals surface area contributed by atoms with Gasteiger partial charge in [-0.05, 0) is 68.8 Å². The Balaban J connectivity index is 2.49. The lowest BCUT2D eigenvalue weighted by Gasteiger charge is -2.40. The molecule has 2 heterocycles. The number of piperidine rings is 1. The number of ether oxygens (including phenoxy) is 3. The minimum Gasteiger partial charge on any atom is -0.479 e. The highest BCUT2D eigenvalue weighted by atomic mass is 79.9. The SMILES string of the molecule is CCOCCOCc1nc(C)c([C@H](OC(C)(C)C)C(=O)O)c(N2CCC(C)(C)CC2)c1Br. The zero-order valence-corrected chi connectivity index (χ0v) is 22.2. The molecule has 0 aliphatic carbocycles. The van der Waals surface area contributed by atoms with E-state index in [1.54, 1.807) is 0 Å². The van der Waals surface area contributed by atoms with Crippen molar-refractivity contribution in [3.05, 3.63) is 21.4 Å². The maximum Gasteiger partial charge on any atom is 0.337 e. The molecule has 32 heavy (non-hydrogen) atoms. The van der Waals surface area contributed by atoms with Crippen molar-refractivity contribution >= 4 is 27.6 Å². The summed E-state index contributed by atoms with van der Waals surface area (Å²) in [6.07, 6.45) is 0.938. The van der Waals surface area contributed by atoms with Crippen LogP contribution in [0.3, 0.4) is 0 Å². The summed E-state index contributed by atoms with van der Waals surface area (Å²) in [6.45, 7) is 17.6. The van der Waals surface area contributed by atoms with E-state index in [1.807, 2.05) is 34.6 Å². The molecule has 0 spiro atoms. The van der Waals surface area contributed by atoms with Crippen LogP contribution in [0.25, 0.3) is 0 Å². The van der Waals surface area contributed by atoms with Crippen LogP contribution < -0.4 is 4.90 Å². The second kappa shape index (κ2) is 11.3. The molecule has 1 atom stereocenters. The fourth-order valence-corrected chi connectivity index (χ4v) is 4.48. The molecule has 0 unspecified atom stereocenters. The zero-order valence-electron chi connectivity index (χ0n) is 20.6. The molecule has 0 amide bonds. The topological polar surface area (TPSA) is 81.1 Å². The standard InChI is InChI=1S/C24H39BrN2O5/c1-8-30-13-14-31-15-17-19(25)20(27-11-9-24(6,7)10-12-27)18(16(2)26-17)21(22(28)29)32-23(3,4)5/h21H,8-15H2,1-7H3,(H,28,29)/t21-/m0/s1. The van der Waals surface area contributed by atoms with Crippen molar-refractivity contribution < 1.29 is 24.1 Å². The van der Waals surface area contributed by atoms with Crippen LogP contribution >= 0.6 is 15.9 Å². The Morgan fingerprint density at radius 3 is 2.34 bits per heavy atom. The van der Waals surface area contributed by atoms with Gasteiger partial charge in [-0.2, -0.15) is 0 Å². The fraction of sp³-hybridized carbons (Fsp3) is 0.750. The number of rotatable bonds is 10. The third-order valence-corrected chi connectivity index (χ3v) is 6.45. The van der Waals surface area contributed by atoms with Gasteiger partial charge in [-0.3, -0.25) is 4.98 Å². The smallest absolute Gasteiger partial charge is 0.337 e. The average molecular weight is 515 g/mol. The molecular weight excluding hydrogens is 476 g/mol. The molecule has 182 valence electrons. The number of anilines is 1. The van der Waals surface area contributed by atoms with Crippen molar-refractivity contribution in [3.63, 3.8) is 0 Å². The lowest BCUT2D eigenvalue weighted by atomic mass is 9.82. The first kappa shape index (κ1) is 27.0. The summed E-state index contributed by atoms with van der Waals surface area (Å²) >= 11 is 3.75. The highest BCUT2D eigenvalue weighted by Gasteiger charge is 2.36. The summed E-state index contributed by atoms with van der Waals surface area (Å²) in [5.41, 5.74) is 2.51. The molecule has 1 fully saturated rings. The van der Waals surface area contributed by atoms with Gasteiger partial charge in [-0.25, -0.2) is 4.79 Å². The Bertz CT molecular complexity index is 782. The molecule has 7 nitrogen and oxygen atoms in total. The van der Waals surface area contributed by atoms with Crippen LogP contribution in [-0.2, 0) is 25.6 Å². The minimum absolute atomic E-state index is 0.268. The highest BCUT2D eigenvalue weighted by Crippen LogP contribution is 2.43. The molecule has 2 rings (SSSR count). The monoisotopic (exact) mass is 514 g/mol. The van der Waals surface area contributed by atoms with Crippen molar-refractivity contribution in [1.82, 2.24) is 4.98 Å². The van der Waals surface area contributed by atoms with Crippen LogP contribution in [0.1, 0.15) is 77.4 Å². The summed E-state index contributed by atoms with van der Waals surface area (Å²) < 4.78 is 17.9. The van der Waals surface area contributed by atoms with Gasteiger partial charge in [-0.1, -0.05) is 13.8 Å². The van der Waals surface area contributed by atoms with Crippen molar-refractivity contribution in [2.45, 2.75) is 79.6 Å². The van der Waals surface area contributed by atoms with Gasteiger partial charge >= 0.3 is 5.97 Å². The third kappa shape index (κ3) is 7.40. The first-order valence-electron chi connectivity index (χ1n) is 11.4. The first-order chi connectivity index (χ1) is 14.9. The Labute approximate surface area is 201 Å². The van der Waals surface area contributed by atoms with Gasteiger partial charge in [0.25, 0.3) is 0 Å². The van der Waals surface area contributed by atoms with Crippen LogP contribution in [0.2, 0.25) is 0 Å². The number of hydrogen-bond acceptors (Lipinski definition) is 6. The molecule has 1 N–H and O–H groups in total. The number of carboxylic acid groups (broad SMARTS) is 1. The van der Waals surface area contributed by atoms with E-state index in [9.17, 15) is 9.90 Å². The Morgan fingerprint density at radius 1 is 1.22 bits per heavy atom. The molecule has 0 saturated carbocycles. The van der Waals surface area contributed by atoms with E-state index < -0.39 is 17.7 Å². The number of carboxylic acids is 1. The predicted octanol–water partition coefficient (Wildman–Crippen LogP) is 5.27. The molecule has 8 heteroatoms. The molecule has 1 aliphatic rings. The van der Waals surface area contributed by atoms with Gasteiger partial charge in [-0.15, -0.1) is 0 Å². The normalized spacial score (nSPS) is 17.4. The molecule has 0 aromatic carbocycles. The number of aromatic nitrogens is 1. The van der Waals surface area contributed by atoms with E-state index in [2.05, 4.69) is 34.7 Å². The average Bonchev–Trinajstić information content (AvgIpc) is 2.68. The number of halogens is 1. The number of carbonyl (C=O) groups is 1. The maximum atomic E-state index is 12.3. The lowest BCUT2D eigenvalue weighted by molar-refractivity contribution is -0.160. The van der Waals surface area contributed by atoms with E-state index in [-0.39, 0.29) is 5.41 Å². The van der Waals surface area contributed by atoms with Gasteiger partial charge in [0.1, 0.15) is 0 Å². The largest absolute Gasteiger partial charge is 0.479 e. The Hall–Kier alpha value is -1.22. The minimum atomic E-state index is -1.11. The summed E-state index contributed by atoms with van der Waals surface area (Å²) in [5.74, 6) is -1.02. The first-order valence-corrected chi connectivity index (χ1v) is 12.2. The molecular formula is C24H39BrN2O5. The van der Waals surface area contributed by atoms with E-state index in [0.29, 0.717) is 37.7 Å². The van der Waals surface area contributed by atoms with Crippen LogP contribution in [0.15, 0.2) is 4.47 Å². The molecule has 1 aliphatic heterocycles. The van der Waals surface area contributed by atoms with Crippen LogP contribution in [0.5, 0.6) is 0 Å². The second-order valence-electron chi connectivity index (χ2n) is 10.1. The van der Waals surface area contributed by atoms with Crippen LogP contribution in [0, 0.1) is 12.3 Å². The van der Waals surface area contributed by atoms with Crippen molar-refractivity contribution in [2.24, 2.45) is 5.41 Å². The number of aryl methyl sites for hydroxylation is 1. The van der Waals surface area contributed by atoms with Gasteiger partial charge in [0.05, 0.1) is 41.3 Å². The van der Waals surface area contributed by atoms with Crippen molar-refractivity contribution in [3.8, 4) is 0 Å². The Kier molecular flexibility index (Phi) is 9.52. The zero-order chi connectivity index (χ0) is 24.1. The van der Waals surface area contributed by atoms with Gasteiger partial charge in [0.15, 0.2) is 6.10 Å². The molecule has 1 aromatic rings. The summed E-state index contributed by atoms with van der Waals surface area (Å²) in [7, 11) is 0.